The largest absolute Gasteiger partial charge is 0.461 e. The zero-order valence-electron chi connectivity index (χ0n) is 11.2. The van der Waals surface area contributed by atoms with Gasteiger partial charge >= 0.3 is 5.97 Å². The normalized spacial score (nSPS) is 23.6. The van der Waals surface area contributed by atoms with Crippen LogP contribution in [0.15, 0.2) is 0 Å². The Morgan fingerprint density at radius 2 is 2.37 bits per heavy atom. The van der Waals surface area contributed by atoms with Crippen molar-refractivity contribution in [2.24, 2.45) is 0 Å². The van der Waals surface area contributed by atoms with E-state index in [9.17, 15) is 14.4 Å². The van der Waals surface area contributed by atoms with Crippen LogP contribution < -0.4 is 10.6 Å². The van der Waals surface area contributed by atoms with E-state index in [0.29, 0.717) is 19.3 Å². The van der Waals surface area contributed by atoms with Gasteiger partial charge in [0.1, 0.15) is 18.2 Å². The maximum Gasteiger partial charge on any atom is 0.329 e. The third kappa shape index (κ3) is 4.74. The summed E-state index contributed by atoms with van der Waals surface area (Å²) >= 11 is 1.59. The van der Waals surface area contributed by atoms with Gasteiger partial charge in [-0.05, 0) is 24.9 Å². The van der Waals surface area contributed by atoms with Gasteiger partial charge in [0.2, 0.25) is 12.3 Å². The lowest BCUT2D eigenvalue weighted by Crippen LogP contribution is -2.49. The molecule has 1 unspecified atom stereocenters. The number of thioether (sulfide) groups is 1. The summed E-state index contributed by atoms with van der Waals surface area (Å²) in [5.74, 6) is 0.0285. The van der Waals surface area contributed by atoms with E-state index in [1.54, 1.807) is 11.8 Å². The van der Waals surface area contributed by atoms with Crippen molar-refractivity contribution in [2.75, 3.05) is 12.0 Å². The Balaban J connectivity index is 2.51. The van der Waals surface area contributed by atoms with Crippen LogP contribution in [0.5, 0.6) is 0 Å². The molecule has 108 valence electrons. The molecule has 0 aromatic carbocycles. The van der Waals surface area contributed by atoms with Crippen LogP contribution >= 0.6 is 11.8 Å². The summed E-state index contributed by atoms with van der Waals surface area (Å²) in [5, 5.41) is 5.12. The summed E-state index contributed by atoms with van der Waals surface area (Å²) in [7, 11) is 0. The van der Waals surface area contributed by atoms with Gasteiger partial charge in [0.05, 0.1) is 0 Å². The second-order valence-electron chi connectivity index (χ2n) is 4.38. The zero-order valence-corrected chi connectivity index (χ0v) is 12.0. The van der Waals surface area contributed by atoms with Crippen molar-refractivity contribution in [3.8, 4) is 0 Å². The molecule has 0 aromatic rings. The lowest BCUT2D eigenvalue weighted by atomic mass is 10.1. The number of hydrogen-bond donors (Lipinski definition) is 2. The van der Waals surface area contributed by atoms with Gasteiger partial charge in [-0.1, -0.05) is 6.92 Å². The average Bonchev–Trinajstić information content (AvgIpc) is 2.75. The van der Waals surface area contributed by atoms with Crippen molar-refractivity contribution in [1.29, 1.82) is 0 Å². The summed E-state index contributed by atoms with van der Waals surface area (Å²) in [6.45, 7) is 1.93. The highest BCUT2D eigenvalue weighted by Gasteiger charge is 2.35. The lowest BCUT2D eigenvalue weighted by Gasteiger charge is -2.17. The Kier molecular flexibility index (Phi) is 6.69. The highest BCUT2D eigenvalue weighted by Crippen LogP contribution is 2.17. The molecule has 1 fully saturated rings. The molecule has 7 heteroatoms. The molecule has 0 radical (unpaired) electrons. The predicted octanol–water partition coefficient (Wildman–Crippen LogP) is 0.0644. The number of hydrogen-bond acceptors (Lipinski definition) is 5. The molecule has 0 aliphatic carbocycles. The molecule has 1 aliphatic heterocycles. The molecule has 0 spiro atoms. The number of carbonyl (C=O) groups excluding carboxylic acids is 3. The van der Waals surface area contributed by atoms with Crippen molar-refractivity contribution in [3.63, 3.8) is 0 Å². The average molecular weight is 288 g/mol. The maximum atomic E-state index is 12.0. The molecule has 1 aliphatic rings. The van der Waals surface area contributed by atoms with Gasteiger partial charge in [-0.15, -0.1) is 0 Å². The molecular weight excluding hydrogens is 268 g/mol. The Hall–Kier alpha value is -1.24. The van der Waals surface area contributed by atoms with E-state index in [2.05, 4.69) is 10.6 Å². The van der Waals surface area contributed by atoms with Gasteiger partial charge < -0.3 is 15.4 Å². The molecule has 2 N–H and O–H groups in total. The molecular formula is C12H20N2O4S. The fraction of sp³-hybridized carbons (Fsp3) is 0.750. The van der Waals surface area contributed by atoms with E-state index in [-0.39, 0.29) is 12.0 Å². The minimum Gasteiger partial charge on any atom is -0.461 e. The molecule has 0 bridgehead atoms. The van der Waals surface area contributed by atoms with Crippen molar-refractivity contribution in [1.82, 2.24) is 10.6 Å². The molecule has 19 heavy (non-hydrogen) atoms. The SMILES string of the molecule is CCC1C[C@H](NC(=O)[C@H](CCSC)NC=O)C(=O)O1. The summed E-state index contributed by atoms with van der Waals surface area (Å²) in [4.78, 5) is 34.0. The highest BCUT2D eigenvalue weighted by molar-refractivity contribution is 7.98. The minimum absolute atomic E-state index is 0.124. The molecule has 6 nitrogen and oxygen atoms in total. The number of cyclic esters (lactones) is 1. The third-order valence-corrected chi connectivity index (χ3v) is 3.68. The fourth-order valence-electron chi connectivity index (χ4n) is 1.90. The smallest absolute Gasteiger partial charge is 0.329 e. The van der Waals surface area contributed by atoms with Gasteiger partial charge in [-0.25, -0.2) is 4.79 Å². The van der Waals surface area contributed by atoms with E-state index in [4.69, 9.17) is 4.74 Å². The summed E-state index contributed by atoms with van der Waals surface area (Å²) in [6.07, 6.45) is 4.08. The summed E-state index contributed by atoms with van der Waals surface area (Å²) in [6, 6.07) is -1.19. The van der Waals surface area contributed by atoms with E-state index in [1.807, 2.05) is 13.2 Å². The van der Waals surface area contributed by atoms with Crippen molar-refractivity contribution < 1.29 is 19.1 Å². The van der Waals surface area contributed by atoms with Crippen LogP contribution in [0.25, 0.3) is 0 Å². The topological polar surface area (TPSA) is 84.5 Å². The number of carbonyl (C=O) groups is 3. The third-order valence-electron chi connectivity index (χ3n) is 3.03. The van der Waals surface area contributed by atoms with Crippen LogP contribution in [0.1, 0.15) is 26.2 Å². The molecule has 0 saturated carbocycles. The molecule has 2 amide bonds. The zero-order chi connectivity index (χ0) is 14.3. The minimum atomic E-state index is -0.599. The standard InChI is InChI=1S/C12H20N2O4S/c1-3-8-6-10(12(17)18-8)14-11(16)9(13-7-15)4-5-19-2/h7-10H,3-6H2,1-2H3,(H,13,15)(H,14,16)/t8?,9-,10-/m0/s1. The molecule has 1 saturated heterocycles. The Labute approximate surface area is 117 Å². The van der Waals surface area contributed by atoms with Crippen molar-refractivity contribution in [3.05, 3.63) is 0 Å². The van der Waals surface area contributed by atoms with Crippen LogP contribution in [-0.2, 0) is 19.1 Å². The van der Waals surface area contributed by atoms with Gasteiger partial charge in [0.15, 0.2) is 0 Å². The van der Waals surface area contributed by atoms with E-state index in [1.165, 1.54) is 0 Å². The van der Waals surface area contributed by atoms with Crippen molar-refractivity contribution in [2.45, 2.75) is 44.4 Å². The fourth-order valence-corrected chi connectivity index (χ4v) is 2.37. The number of esters is 1. The lowest BCUT2D eigenvalue weighted by molar-refractivity contribution is -0.144. The number of rotatable bonds is 8. The number of nitrogens with one attached hydrogen (secondary N) is 2. The van der Waals surface area contributed by atoms with Crippen LogP contribution in [0, 0.1) is 0 Å². The van der Waals surface area contributed by atoms with Crippen LogP contribution in [0.2, 0.25) is 0 Å². The van der Waals surface area contributed by atoms with Gasteiger partial charge in [-0.3, -0.25) is 9.59 Å². The first kappa shape index (κ1) is 15.8. The van der Waals surface area contributed by atoms with Crippen LogP contribution in [0.3, 0.4) is 0 Å². The second-order valence-corrected chi connectivity index (χ2v) is 5.37. The molecule has 1 rings (SSSR count). The quantitative estimate of drug-likeness (QED) is 0.487. The maximum absolute atomic E-state index is 12.0. The second kappa shape index (κ2) is 8.04. The Morgan fingerprint density at radius 3 is 2.89 bits per heavy atom. The van der Waals surface area contributed by atoms with Crippen molar-refractivity contribution >= 4 is 30.0 Å². The van der Waals surface area contributed by atoms with Gasteiger partial charge in [-0.2, -0.15) is 11.8 Å². The summed E-state index contributed by atoms with van der Waals surface area (Å²) in [5.41, 5.74) is 0. The van der Waals surface area contributed by atoms with E-state index < -0.39 is 18.1 Å². The Bertz CT molecular complexity index is 338. The van der Waals surface area contributed by atoms with E-state index in [0.717, 1.165) is 12.2 Å². The number of amides is 2. The molecule has 3 atom stereocenters. The Morgan fingerprint density at radius 1 is 1.63 bits per heavy atom. The molecule has 0 aromatic heterocycles. The monoisotopic (exact) mass is 288 g/mol. The first-order valence-corrected chi connectivity index (χ1v) is 7.71. The first-order chi connectivity index (χ1) is 9.12. The number of ether oxygens (including phenoxy) is 1. The summed E-state index contributed by atoms with van der Waals surface area (Å²) < 4.78 is 5.10. The van der Waals surface area contributed by atoms with Gasteiger partial charge in [0, 0.05) is 6.42 Å². The van der Waals surface area contributed by atoms with Gasteiger partial charge in [0.25, 0.3) is 0 Å². The van der Waals surface area contributed by atoms with E-state index >= 15 is 0 Å². The van der Waals surface area contributed by atoms with Crippen LogP contribution in [-0.4, -0.2) is 48.5 Å². The van der Waals surface area contributed by atoms with Crippen LogP contribution in [0.4, 0.5) is 0 Å². The highest BCUT2D eigenvalue weighted by atomic mass is 32.2. The predicted molar refractivity (Wildman–Crippen MR) is 72.7 cm³/mol. The molecule has 1 heterocycles. The first-order valence-electron chi connectivity index (χ1n) is 6.31.